The van der Waals surface area contributed by atoms with Gasteiger partial charge in [-0.3, -0.25) is 4.79 Å². The predicted octanol–water partition coefficient (Wildman–Crippen LogP) is 2.83. The van der Waals surface area contributed by atoms with E-state index in [0.29, 0.717) is 19.6 Å². The summed E-state index contributed by atoms with van der Waals surface area (Å²) >= 11 is 1.64. The minimum atomic E-state index is 0.0960. The Balaban J connectivity index is 1.39. The largest absolute Gasteiger partial charge is 0.474 e. The van der Waals surface area contributed by atoms with Crippen LogP contribution < -0.4 is 4.74 Å². The van der Waals surface area contributed by atoms with Crippen molar-refractivity contribution in [1.29, 1.82) is 0 Å². The van der Waals surface area contributed by atoms with Crippen LogP contribution in [0.3, 0.4) is 0 Å². The molecule has 0 spiro atoms. The normalized spacial score (nSPS) is 17.8. The lowest BCUT2D eigenvalue weighted by Gasteiger charge is -2.32. The summed E-state index contributed by atoms with van der Waals surface area (Å²) in [6.45, 7) is 4.94. The number of ether oxygens (including phenoxy) is 2. The van der Waals surface area contributed by atoms with E-state index in [9.17, 15) is 4.79 Å². The quantitative estimate of drug-likeness (QED) is 0.771. The number of aromatic nitrogens is 2. The summed E-state index contributed by atoms with van der Waals surface area (Å²) in [5.74, 6) is 1.78. The van der Waals surface area contributed by atoms with E-state index in [-0.39, 0.29) is 12.0 Å². The van der Waals surface area contributed by atoms with Crippen LogP contribution in [0.5, 0.6) is 5.88 Å². The zero-order valence-corrected chi connectivity index (χ0v) is 17.2. The third kappa shape index (κ3) is 4.52. The van der Waals surface area contributed by atoms with Gasteiger partial charge in [-0.15, -0.1) is 11.3 Å². The van der Waals surface area contributed by atoms with E-state index in [4.69, 9.17) is 14.5 Å². The molecular formula is C21H27N3O3S. The van der Waals surface area contributed by atoms with Gasteiger partial charge >= 0.3 is 0 Å². The van der Waals surface area contributed by atoms with Crippen molar-refractivity contribution in [1.82, 2.24) is 14.9 Å². The highest BCUT2D eigenvalue weighted by Gasteiger charge is 2.26. The first-order valence-corrected chi connectivity index (χ1v) is 11.0. The summed E-state index contributed by atoms with van der Waals surface area (Å²) in [5.41, 5.74) is 2.17. The fourth-order valence-corrected chi connectivity index (χ4v) is 4.47. The maximum Gasteiger partial charge on any atom is 0.227 e. The first-order valence-electron chi connectivity index (χ1n) is 10.2. The Kier molecular flexibility index (Phi) is 6.22. The zero-order chi connectivity index (χ0) is 19.3. The smallest absolute Gasteiger partial charge is 0.227 e. The standard InChI is InChI=1S/C21H27N3O3S/c1-2-19-22-18-8-12-26-11-7-17(18)21(23-19)27-15-5-9-24(10-6-15)20(25)14-16-4-3-13-28-16/h3-4,13,15H,2,5-12,14H2,1H3. The molecule has 2 aliphatic heterocycles. The average Bonchev–Trinajstić information content (AvgIpc) is 3.10. The Hall–Kier alpha value is -1.99. The predicted molar refractivity (Wildman–Crippen MR) is 108 cm³/mol. The molecule has 0 N–H and O–H groups in total. The second-order valence-corrected chi connectivity index (χ2v) is 8.32. The van der Waals surface area contributed by atoms with Gasteiger partial charge in [0.1, 0.15) is 11.9 Å². The van der Waals surface area contributed by atoms with Crippen LogP contribution in [0.15, 0.2) is 17.5 Å². The van der Waals surface area contributed by atoms with Crippen LogP contribution in [0, 0.1) is 0 Å². The molecular weight excluding hydrogens is 374 g/mol. The second kappa shape index (κ2) is 9.01. The zero-order valence-electron chi connectivity index (χ0n) is 16.4. The lowest BCUT2D eigenvalue weighted by atomic mass is 10.1. The van der Waals surface area contributed by atoms with Gasteiger partial charge in [0, 0.05) is 55.6 Å². The number of thiophene rings is 1. The molecule has 2 aliphatic rings. The van der Waals surface area contributed by atoms with E-state index in [1.807, 2.05) is 22.4 Å². The molecule has 1 fully saturated rings. The van der Waals surface area contributed by atoms with E-state index < -0.39 is 0 Å². The highest BCUT2D eigenvalue weighted by Crippen LogP contribution is 2.26. The minimum Gasteiger partial charge on any atom is -0.474 e. The maximum atomic E-state index is 12.5. The second-order valence-electron chi connectivity index (χ2n) is 7.29. The van der Waals surface area contributed by atoms with Crippen molar-refractivity contribution in [2.75, 3.05) is 26.3 Å². The first kappa shape index (κ1) is 19.3. The van der Waals surface area contributed by atoms with Crippen LogP contribution in [-0.4, -0.2) is 53.2 Å². The Morgan fingerprint density at radius 3 is 2.86 bits per heavy atom. The molecule has 7 heteroatoms. The van der Waals surface area contributed by atoms with E-state index in [0.717, 1.165) is 73.0 Å². The molecule has 1 amide bonds. The van der Waals surface area contributed by atoms with Crippen LogP contribution in [0.1, 0.15) is 41.7 Å². The fourth-order valence-electron chi connectivity index (χ4n) is 3.77. The SMILES string of the molecule is CCc1nc2c(c(OC3CCN(C(=O)Cc4cccs4)CC3)n1)CCOCC2. The molecule has 4 heterocycles. The van der Waals surface area contributed by atoms with Gasteiger partial charge in [-0.1, -0.05) is 13.0 Å². The van der Waals surface area contributed by atoms with Crippen LogP contribution in [0.25, 0.3) is 0 Å². The number of likely N-dealkylation sites (tertiary alicyclic amines) is 1. The van der Waals surface area contributed by atoms with Gasteiger partial charge < -0.3 is 14.4 Å². The fraction of sp³-hybridized carbons (Fsp3) is 0.571. The minimum absolute atomic E-state index is 0.0960. The number of carbonyl (C=O) groups is 1. The Bertz CT molecular complexity index is 801. The van der Waals surface area contributed by atoms with Gasteiger partial charge in [0.15, 0.2) is 0 Å². The number of fused-ring (bicyclic) bond motifs is 1. The molecule has 1 saturated heterocycles. The highest BCUT2D eigenvalue weighted by molar-refractivity contribution is 7.10. The van der Waals surface area contributed by atoms with E-state index in [2.05, 4.69) is 11.9 Å². The topological polar surface area (TPSA) is 64.5 Å². The van der Waals surface area contributed by atoms with Crippen molar-refractivity contribution in [2.24, 2.45) is 0 Å². The number of aryl methyl sites for hydroxylation is 1. The summed E-state index contributed by atoms with van der Waals surface area (Å²) in [6, 6.07) is 4.02. The van der Waals surface area contributed by atoms with Gasteiger partial charge in [0.25, 0.3) is 0 Å². The molecule has 28 heavy (non-hydrogen) atoms. The van der Waals surface area contributed by atoms with Crippen LogP contribution in [-0.2, 0) is 35.2 Å². The lowest BCUT2D eigenvalue weighted by Crippen LogP contribution is -2.42. The van der Waals surface area contributed by atoms with Gasteiger partial charge in [0.05, 0.1) is 25.3 Å². The number of amides is 1. The van der Waals surface area contributed by atoms with Crippen molar-refractivity contribution in [2.45, 2.75) is 51.6 Å². The van der Waals surface area contributed by atoms with Gasteiger partial charge in [-0.25, -0.2) is 4.98 Å². The summed E-state index contributed by atoms with van der Waals surface area (Å²) in [5, 5.41) is 2.02. The molecule has 4 rings (SSSR count). The van der Waals surface area contributed by atoms with Crippen molar-refractivity contribution >= 4 is 17.2 Å². The molecule has 0 radical (unpaired) electrons. The van der Waals surface area contributed by atoms with Crippen molar-refractivity contribution in [3.63, 3.8) is 0 Å². The number of nitrogens with zero attached hydrogens (tertiary/aromatic N) is 3. The van der Waals surface area contributed by atoms with Crippen LogP contribution in [0.4, 0.5) is 0 Å². The number of hydrogen-bond donors (Lipinski definition) is 0. The summed E-state index contributed by atoms with van der Waals surface area (Å²) < 4.78 is 12.0. The Morgan fingerprint density at radius 2 is 2.11 bits per heavy atom. The number of piperidine rings is 1. The third-order valence-corrected chi connectivity index (χ3v) is 6.25. The lowest BCUT2D eigenvalue weighted by molar-refractivity contribution is -0.132. The molecule has 6 nitrogen and oxygen atoms in total. The van der Waals surface area contributed by atoms with Crippen molar-refractivity contribution in [3.8, 4) is 5.88 Å². The van der Waals surface area contributed by atoms with E-state index >= 15 is 0 Å². The van der Waals surface area contributed by atoms with Crippen molar-refractivity contribution < 1.29 is 14.3 Å². The van der Waals surface area contributed by atoms with Gasteiger partial charge in [0.2, 0.25) is 11.8 Å². The molecule has 2 aromatic heterocycles. The molecule has 0 atom stereocenters. The van der Waals surface area contributed by atoms with E-state index in [1.54, 1.807) is 11.3 Å². The molecule has 2 aromatic rings. The molecule has 150 valence electrons. The third-order valence-electron chi connectivity index (χ3n) is 5.38. The number of carbonyl (C=O) groups excluding carboxylic acids is 1. The molecule has 0 aromatic carbocycles. The first-order chi connectivity index (χ1) is 13.7. The number of hydrogen-bond acceptors (Lipinski definition) is 6. The monoisotopic (exact) mass is 401 g/mol. The summed E-state index contributed by atoms with van der Waals surface area (Å²) in [7, 11) is 0. The molecule has 0 aliphatic carbocycles. The molecule has 0 bridgehead atoms. The molecule has 0 unspecified atom stereocenters. The van der Waals surface area contributed by atoms with Gasteiger partial charge in [-0.2, -0.15) is 4.98 Å². The van der Waals surface area contributed by atoms with Crippen LogP contribution in [0.2, 0.25) is 0 Å². The highest BCUT2D eigenvalue weighted by atomic mass is 32.1. The average molecular weight is 402 g/mol. The Labute approximate surface area is 169 Å². The van der Waals surface area contributed by atoms with E-state index in [1.165, 1.54) is 0 Å². The summed E-state index contributed by atoms with van der Waals surface area (Å²) in [6.07, 6.45) is 4.69. The van der Waals surface area contributed by atoms with Crippen molar-refractivity contribution in [3.05, 3.63) is 39.5 Å². The summed E-state index contributed by atoms with van der Waals surface area (Å²) in [4.78, 5) is 25.0. The van der Waals surface area contributed by atoms with Crippen LogP contribution >= 0.6 is 11.3 Å². The Morgan fingerprint density at radius 1 is 1.29 bits per heavy atom. The van der Waals surface area contributed by atoms with Gasteiger partial charge in [-0.05, 0) is 11.4 Å². The number of rotatable bonds is 5. The molecule has 0 saturated carbocycles. The maximum absolute atomic E-state index is 12.5.